The van der Waals surface area contributed by atoms with Crippen LogP contribution in [0.5, 0.6) is 5.75 Å². The monoisotopic (exact) mass is 604 g/mol. The van der Waals surface area contributed by atoms with Crippen LogP contribution in [0.1, 0.15) is 73.4 Å². The average Bonchev–Trinajstić information content (AvgIpc) is 3.15. The van der Waals surface area contributed by atoms with Gasteiger partial charge >= 0.3 is 0 Å². The Bertz CT molecular complexity index is 1530. The lowest BCUT2D eigenvalue weighted by Crippen LogP contribution is -2.49. The normalized spacial score (nSPS) is 31.4. The van der Waals surface area contributed by atoms with Crippen molar-refractivity contribution >= 4 is 27.1 Å². The number of nitrogens with zero attached hydrogens (tertiary/aromatic N) is 2. The van der Waals surface area contributed by atoms with E-state index in [0.29, 0.717) is 36.8 Å². The maximum Gasteiger partial charge on any atom is 0.285 e. The Kier molecular flexibility index (Phi) is 8.79. The van der Waals surface area contributed by atoms with E-state index >= 15 is 0 Å². The predicted molar refractivity (Wildman–Crippen MR) is 171 cm³/mol. The number of anilines is 1. The number of ketones is 1. The van der Waals surface area contributed by atoms with Crippen molar-refractivity contribution in [1.82, 2.24) is 0 Å². The van der Waals surface area contributed by atoms with E-state index in [2.05, 4.69) is 45.7 Å². The standard InChI is InChI=1S/C35H44N2O5S/c1-3-28(38)22-43(40)19-8-4-5-13-32(41-2)29-16-14-27(29)21-37-23-35(18-9-11-25-10-6-7-12-30(25)35)24-42-33-17-15-26(20-31(33)37)34(39)36-43/h5-7,10,12-13,15,17,20,27,29,32H,3-4,8-9,11,14,16,18-19,21-24H2,1-2H3/b13-5+/t27-,29+,32-,35-,43+/m0/s1. The highest BCUT2D eigenvalue weighted by molar-refractivity contribution is 7.94. The average molecular weight is 605 g/mol. The zero-order valence-electron chi connectivity index (χ0n) is 25.5. The van der Waals surface area contributed by atoms with Crippen molar-refractivity contribution in [2.24, 2.45) is 16.2 Å². The van der Waals surface area contributed by atoms with Gasteiger partial charge in [0.1, 0.15) is 11.5 Å². The molecule has 1 spiro atoms. The molecule has 2 aromatic carbocycles. The maximum absolute atomic E-state index is 13.9. The number of Topliss-reactive ketones (excluding diaryl/α,β-unsaturated/α-hetero) is 1. The fourth-order valence-electron chi connectivity index (χ4n) is 7.51. The first-order valence-corrected chi connectivity index (χ1v) is 17.8. The molecule has 0 aromatic heterocycles. The van der Waals surface area contributed by atoms with Gasteiger partial charge < -0.3 is 14.4 Å². The first kappa shape index (κ1) is 30.1. The third-order valence-electron chi connectivity index (χ3n) is 10.0. The third-order valence-corrected chi connectivity index (χ3v) is 12.2. The van der Waals surface area contributed by atoms with Crippen LogP contribution in [0.3, 0.4) is 0 Å². The van der Waals surface area contributed by atoms with Crippen LogP contribution in [-0.2, 0) is 31.1 Å². The van der Waals surface area contributed by atoms with Gasteiger partial charge in [0.15, 0.2) is 0 Å². The van der Waals surface area contributed by atoms with Gasteiger partial charge in [-0.05, 0) is 86.1 Å². The molecule has 230 valence electrons. The van der Waals surface area contributed by atoms with Crippen LogP contribution in [-0.4, -0.2) is 60.3 Å². The molecular weight excluding hydrogens is 560 g/mol. The second-order valence-corrected chi connectivity index (χ2v) is 15.2. The van der Waals surface area contributed by atoms with Crippen LogP contribution in [0, 0.1) is 11.8 Å². The van der Waals surface area contributed by atoms with Gasteiger partial charge in [-0.1, -0.05) is 43.3 Å². The molecule has 2 aliphatic carbocycles. The molecule has 5 atom stereocenters. The number of carbonyl (C=O) groups is 2. The molecule has 0 N–H and O–H groups in total. The minimum atomic E-state index is -3.04. The van der Waals surface area contributed by atoms with Gasteiger partial charge in [-0.15, -0.1) is 0 Å². The minimum absolute atomic E-state index is 0.0161. The van der Waals surface area contributed by atoms with Crippen molar-refractivity contribution in [1.29, 1.82) is 0 Å². The third kappa shape index (κ3) is 6.18. The SMILES string of the molecule is CCC(=O)C[S@@]1(=O)=NC(=O)c2ccc3c(c2)N(C[C@@H]2CC[C@H]2[C@@H](OC)/C=C/CCC1)C[C@@]1(CCCc2ccccc21)CO3. The van der Waals surface area contributed by atoms with E-state index in [1.54, 1.807) is 20.1 Å². The number of benzene rings is 2. The number of ether oxygens (including phenoxy) is 2. The summed E-state index contributed by atoms with van der Waals surface area (Å²) in [5, 5.41) is 0. The summed E-state index contributed by atoms with van der Waals surface area (Å²) >= 11 is 0. The highest BCUT2D eigenvalue weighted by atomic mass is 32.2. The molecule has 1 amide bonds. The van der Waals surface area contributed by atoms with Crippen LogP contribution in [0.2, 0.25) is 0 Å². The highest BCUT2D eigenvalue weighted by Gasteiger charge is 2.44. The van der Waals surface area contributed by atoms with Crippen molar-refractivity contribution in [3.63, 3.8) is 0 Å². The van der Waals surface area contributed by atoms with Crippen LogP contribution in [0.15, 0.2) is 59.0 Å². The van der Waals surface area contributed by atoms with Crippen molar-refractivity contribution in [3.8, 4) is 5.75 Å². The predicted octanol–water partition coefficient (Wildman–Crippen LogP) is 6.14. The number of carbonyl (C=O) groups excluding carboxylic acids is 2. The molecule has 6 rings (SSSR count). The summed E-state index contributed by atoms with van der Waals surface area (Å²) < 4.78 is 30.8. The summed E-state index contributed by atoms with van der Waals surface area (Å²) in [6, 6.07) is 14.3. The number of aryl methyl sites for hydroxylation is 1. The summed E-state index contributed by atoms with van der Waals surface area (Å²) in [7, 11) is -1.25. The number of amides is 1. The number of methoxy groups -OCH3 is 1. The molecule has 1 fully saturated rings. The van der Waals surface area contributed by atoms with Gasteiger partial charge in [0, 0.05) is 43.4 Å². The maximum atomic E-state index is 13.9. The van der Waals surface area contributed by atoms with Crippen molar-refractivity contribution in [2.75, 3.05) is 43.2 Å². The zero-order valence-corrected chi connectivity index (χ0v) is 26.3. The first-order valence-electron chi connectivity index (χ1n) is 15.9. The Labute approximate surface area is 256 Å². The summed E-state index contributed by atoms with van der Waals surface area (Å²) in [6.07, 6.45) is 11.3. The van der Waals surface area contributed by atoms with E-state index < -0.39 is 15.6 Å². The Morgan fingerprint density at radius 3 is 2.84 bits per heavy atom. The number of allylic oxidation sites excluding steroid dienone is 1. The van der Waals surface area contributed by atoms with E-state index in [4.69, 9.17) is 9.47 Å². The van der Waals surface area contributed by atoms with Gasteiger partial charge in [0.05, 0.1) is 33.9 Å². The van der Waals surface area contributed by atoms with E-state index in [0.717, 1.165) is 56.6 Å². The molecule has 2 bridgehead atoms. The molecule has 8 heteroatoms. The van der Waals surface area contributed by atoms with Crippen LogP contribution in [0.25, 0.3) is 0 Å². The van der Waals surface area contributed by atoms with Crippen LogP contribution in [0.4, 0.5) is 5.69 Å². The largest absolute Gasteiger partial charge is 0.490 e. The Balaban J connectivity index is 1.44. The van der Waals surface area contributed by atoms with Gasteiger partial charge in [0.25, 0.3) is 5.91 Å². The molecule has 2 heterocycles. The molecule has 2 aliphatic heterocycles. The number of rotatable bonds is 4. The van der Waals surface area contributed by atoms with E-state index in [-0.39, 0.29) is 35.2 Å². The molecule has 7 nitrogen and oxygen atoms in total. The lowest BCUT2D eigenvalue weighted by Gasteiger charge is -2.46. The molecule has 43 heavy (non-hydrogen) atoms. The van der Waals surface area contributed by atoms with Crippen molar-refractivity contribution in [3.05, 3.63) is 71.3 Å². The van der Waals surface area contributed by atoms with Crippen molar-refractivity contribution < 1.29 is 23.3 Å². The molecule has 0 saturated heterocycles. The number of fused-ring (bicyclic) bond motifs is 4. The van der Waals surface area contributed by atoms with Gasteiger partial charge in [0.2, 0.25) is 0 Å². The highest BCUT2D eigenvalue weighted by Crippen LogP contribution is 2.46. The lowest BCUT2D eigenvalue weighted by molar-refractivity contribution is -0.116. The van der Waals surface area contributed by atoms with Crippen molar-refractivity contribution in [2.45, 2.75) is 69.8 Å². The number of hydrogen-bond donors (Lipinski definition) is 0. The molecule has 0 unspecified atom stereocenters. The molecule has 0 radical (unpaired) electrons. The zero-order chi connectivity index (χ0) is 30.0. The molecule has 1 saturated carbocycles. The number of hydrogen-bond acceptors (Lipinski definition) is 6. The fourth-order valence-corrected chi connectivity index (χ4v) is 9.55. The van der Waals surface area contributed by atoms with E-state index in [1.807, 2.05) is 12.1 Å². The van der Waals surface area contributed by atoms with Gasteiger partial charge in [-0.3, -0.25) is 9.59 Å². The second-order valence-electron chi connectivity index (χ2n) is 12.8. The Morgan fingerprint density at radius 2 is 2.05 bits per heavy atom. The fraction of sp³-hybridized carbons (Fsp3) is 0.543. The van der Waals surface area contributed by atoms with E-state index in [1.165, 1.54) is 11.1 Å². The lowest BCUT2D eigenvalue weighted by atomic mass is 9.68. The summed E-state index contributed by atoms with van der Waals surface area (Å²) in [6.45, 7) is 3.97. The smallest absolute Gasteiger partial charge is 0.285 e. The Hall–Kier alpha value is -2.97. The van der Waals surface area contributed by atoms with Crippen LogP contribution < -0.4 is 9.64 Å². The summed E-state index contributed by atoms with van der Waals surface area (Å²) in [5.74, 6) is 0.976. The van der Waals surface area contributed by atoms with Gasteiger partial charge in [-0.25, -0.2) is 4.21 Å². The summed E-state index contributed by atoms with van der Waals surface area (Å²) in [4.78, 5) is 28.4. The molecular formula is C35H44N2O5S. The van der Waals surface area contributed by atoms with E-state index in [9.17, 15) is 13.8 Å². The minimum Gasteiger partial charge on any atom is -0.490 e. The Morgan fingerprint density at radius 1 is 1.19 bits per heavy atom. The second kappa shape index (κ2) is 12.6. The molecule has 4 aliphatic rings. The van der Waals surface area contributed by atoms with Gasteiger partial charge in [-0.2, -0.15) is 4.36 Å². The molecule has 2 aromatic rings. The topological polar surface area (TPSA) is 85.3 Å². The first-order chi connectivity index (χ1) is 20.8. The van der Waals surface area contributed by atoms with Crippen LogP contribution >= 0.6 is 0 Å². The quantitative estimate of drug-likeness (QED) is 0.390. The summed E-state index contributed by atoms with van der Waals surface area (Å²) in [5.41, 5.74) is 3.89.